The van der Waals surface area contributed by atoms with Crippen LogP contribution in [0.3, 0.4) is 0 Å². The first-order valence-electron chi connectivity index (χ1n) is 10.5. The number of ether oxygens (including phenoxy) is 2. The van der Waals surface area contributed by atoms with E-state index < -0.39 is 29.6 Å². The summed E-state index contributed by atoms with van der Waals surface area (Å²) in [5, 5.41) is 16.3. The number of benzene rings is 1. The molecule has 0 amide bonds. The predicted octanol–water partition coefficient (Wildman–Crippen LogP) is 1.58. The fourth-order valence-corrected chi connectivity index (χ4v) is 4.23. The maximum absolute atomic E-state index is 13.8. The average molecular weight is 537 g/mol. The Kier molecular flexibility index (Phi) is 7.34. The highest BCUT2D eigenvalue weighted by molar-refractivity contribution is 9.10. The monoisotopic (exact) mass is 536 g/mol. The second-order valence-electron chi connectivity index (χ2n) is 7.47. The van der Waals surface area contributed by atoms with Gasteiger partial charge in [0.1, 0.15) is 18.2 Å². The number of rotatable bonds is 6. The second kappa shape index (κ2) is 10.4. The van der Waals surface area contributed by atoms with E-state index in [0.29, 0.717) is 48.6 Å². The average Bonchev–Trinajstić information content (AvgIpc) is 3.30. The first-order chi connectivity index (χ1) is 16.4. The number of halogens is 2. The van der Waals surface area contributed by atoms with Crippen molar-refractivity contribution in [2.45, 2.75) is 13.0 Å². The SMILES string of the molecule is CCOC(=O)C1=C(CN2CCOCC2)NC(n2cnc(C(=O)O)n2)=NC1c1ccc(F)cc1Br. The summed E-state index contributed by atoms with van der Waals surface area (Å²) in [6.45, 7) is 4.65. The number of aliphatic imine (C=N–C) groups is 1. The number of esters is 1. The quantitative estimate of drug-likeness (QED) is 0.528. The number of hydrogen-bond donors (Lipinski definition) is 2. The maximum atomic E-state index is 13.8. The van der Waals surface area contributed by atoms with Gasteiger partial charge in [-0.1, -0.05) is 22.0 Å². The van der Waals surface area contributed by atoms with Gasteiger partial charge < -0.3 is 19.9 Å². The van der Waals surface area contributed by atoms with E-state index in [2.05, 4.69) is 41.2 Å². The molecule has 0 spiro atoms. The molecule has 1 saturated heterocycles. The zero-order valence-corrected chi connectivity index (χ0v) is 19.8. The van der Waals surface area contributed by atoms with E-state index in [9.17, 15) is 19.1 Å². The summed E-state index contributed by atoms with van der Waals surface area (Å²) < 4.78 is 26.2. The van der Waals surface area contributed by atoms with Crippen molar-refractivity contribution < 1.29 is 28.6 Å². The molecule has 2 aliphatic heterocycles. The topological polar surface area (TPSA) is 131 Å². The molecule has 4 rings (SSSR count). The van der Waals surface area contributed by atoms with Gasteiger partial charge in [-0.25, -0.2) is 24.0 Å². The van der Waals surface area contributed by atoms with E-state index in [1.807, 2.05) is 0 Å². The summed E-state index contributed by atoms with van der Waals surface area (Å²) in [6.07, 6.45) is 1.22. The zero-order chi connectivity index (χ0) is 24.2. The minimum Gasteiger partial charge on any atom is -0.475 e. The van der Waals surface area contributed by atoms with Crippen molar-refractivity contribution in [3.05, 3.63) is 57.5 Å². The Labute approximate surface area is 202 Å². The van der Waals surface area contributed by atoms with E-state index in [4.69, 9.17) is 9.47 Å². The van der Waals surface area contributed by atoms with Crippen molar-refractivity contribution >= 4 is 33.8 Å². The number of carbonyl (C=O) groups is 2. The van der Waals surface area contributed by atoms with Crippen molar-refractivity contribution in [3.8, 4) is 0 Å². The molecule has 0 bridgehead atoms. The van der Waals surface area contributed by atoms with E-state index in [-0.39, 0.29) is 18.1 Å². The summed E-state index contributed by atoms with van der Waals surface area (Å²) in [4.78, 5) is 34.9. The van der Waals surface area contributed by atoms with Gasteiger partial charge in [0.25, 0.3) is 5.82 Å². The highest BCUT2D eigenvalue weighted by Gasteiger charge is 2.34. The minimum atomic E-state index is -1.29. The van der Waals surface area contributed by atoms with Crippen LogP contribution in [0.2, 0.25) is 0 Å². The third-order valence-corrected chi connectivity index (χ3v) is 5.94. The van der Waals surface area contributed by atoms with Gasteiger partial charge in [0.05, 0.1) is 25.4 Å². The molecule has 0 aliphatic carbocycles. The van der Waals surface area contributed by atoms with Crippen LogP contribution < -0.4 is 5.32 Å². The largest absolute Gasteiger partial charge is 0.475 e. The Morgan fingerprint density at radius 3 is 2.76 bits per heavy atom. The third kappa shape index (κ3) is 5.16. The number of hydrogen-bond acceptors (Lipinski definition) is 9. The molecule has 1 fully saturated rings. The number of aromatic nitrogens is 3. The molecule has 2 aromatic rings. The molecule has 13 heteroatoms. The van der Waals surface area contributed by atoms with Gasteiger partial charge >= 0.3 is 11.9 Å². The molecule has 1 unspecified atom stereocenters. The molecule has 0 saturated carbocycles. The fourth-order valence-electron chi connectivity index (χ4n) is 3.67. The van der Waals surface area contributed by atoms with Crippen molar-refractivity contribution in [1.29, 1.82) is 0 Å². The second-order valence-corrected chi connectivity index (χ2v) is 8.32. The van der Waals surface area contributed by atoms with Crippen LogP contribution >= 0.6 is 15.9 Å². The number of morpholine rings is 1. The molecule has 2 N–H and O–H groups in total. The van der Waals surface area contributed by atoms with Crippen molar-refractivity contribution in [1.82, 2.24) is 25.0 Å². The summed E-state index contributed by atoms with van der Waals surface area (Å²) >= 11 is 3.37. The van der Waals surface area contributed by atoms with Gasteiger partial charge in [-0.05, 0) is 24.6 Å². The number of carboxylic acid groups (broad SMARTS) is 1. The van der Waals surface area contributed by atoms with Crippen molar-refractivity contribution in [3.63, 3.8) is 0 Å². The maximum Gasteiger partial charge on any atom is 0.375 e. The van der Waals surface area contributed by atoms with Gasteiger partial charge in [0.15, 0.2) is 0 Å². The molecular formula is C21H22BrFN6O5. The highest BCUT2D eigenvalue weighted by Crippen LogP contribution is 2.36. The van der Waals surface area contributed by atoms with E-state index in [1.54, 1.807) is 6.92 Å². The number of carbonyl (C=O) groups excluding carboxylic acids is 1. The van der Waals surface area contributed by atoms with Gasteiger partial charge in [-0.15, -0.1) is 5.10 Å². The molecule has 3 heterocycles. The molecule has 1 aromatic carbocycles. The smallest absolute Gasteiger partial charge is 0.375 e. The zero-order valence-electron chi connectivity index (χ0n) is 18.2. The number of nitrogens with zero attached hydrogens (tertiary/aromatic N) is 5. The van der Waals surface area contributed by atoms with Crippen LogP contribution in [0.5, 0.6) is 0 Å². The summed E-state index contributed by atoms with van der Waals surface area (Å²) in [5.41, 5.74) is 1.31. The molecule has 1 atom stereocenters. The molecule has 180 valence electrons. The Balaban J connectivity index is 1.83. The van der Waals surface area contributed by atoms with E-state index in [1.165, 1.54) is 29.2 Å². The Bertz CT molecular complexity index is 1160. The van der Waals surface area contributed by atoms with E-state index >= 15 is 0 Å². The Morgan fingerprint density at radius 1 is 1.35 bits per heavy atom. The number of nitrogens with one attached hydrogen (secondary N) is 1. The van der Waals surface area contributed by atoms with Gasteiger partial charge in [0.2, 0.25) is 5.96 Å². The first-order valence-corrected chi connectivity index (χ1v) is 11.3. The first kappa shape index (κ1) is 24.0. The lowest BCUT2D eigenvalue weighted by atomic mass is 9.95. The van der Waals surface area contributed by atoms with Gasteiger partial charge in [-0.3, -0.25) is 4.90 Å². The van der Waals surface area contributed by atoms with Crippen LogP contribution in [0.4, 0.5) is 4.39 Å². The summed E-state index contributed by atoms with van der Waals surface area (Å²) in [6, 6.07) is 3.22. The van der Waals surface area contributed by atoms with Crippen molar-refractivity contribution in [2.24, 2.45) is 4.99 Å². The molecule has 0 radical (unpaired) electrons. The van der Waals surface area contributed by atoms with Crippen LogP contribution in [0.25, 0.3) is 0 Å². The molecule has 2 aliphatic rings. The fraction of sp³-hybridized carbons (Fsp3) is 0.381. The van der Waals surface area contributed by atoms with Crippen molar-refractivity contribution in [2.75, 3.05) is 39.5 Å². The Morgan fingerprint density at radius 2 is 2.12 bits per heavy atom. The van der Waals surface area contributed by atoms with Crippen LogP contribution in [-0.2, 0) is 14.3 Å². The predicted molar refractivity (Wildman–Crippen MR) is 121 cm³/mol. The third-order valence-electron chi connectivity index (χ3n) is 5.25. The normalized spacial score (nSPS) is 18.9. The molecule has 11 nitrogen and oxygen atoms in total. The number of carboxylic acids is 1. The lowest BCUT2D eigenvalue weighted by molar-refractivity contribution is -0.139. The lowest BCUT2D eigenvalue weighted by Gasteiger charge is -2.32. The number of aromatic carboxylic acids is 1. The minimum absolute atomic E-state index is 0.159. The summed E-state index contributed by atoms with van der Waals surface area (Å²) in [5.74, 6) is -2.54. The highest BCUT2D eigenvalue weighted by atomic mass is 79.9. The van der Waals surface area contributed by atoms with Crippen LogP contribution in [-0.4, -0.2) is 82.1 Å². The molecule has 1 aromatic heterocycles. The molecule has 34 heavy (non-hydrogen) atoms. The molecular weight excluding hydrogens is 515 g/mol. The standard InChI is InChI=1S/C21H22BrFN6O5/c1-2-34-20(32)16-15(10-28-5-7-33-8-6-28)25-21(29-11-24-18(27-29)19(30)31)26-17(16)13-4-3-12(23)9-14(13)22/h3-4,9,11,17H,2,5-8,10H2,1H3,(H,25,26)(H,30,31). The van der Waals surface area contributed by atoms with Crippen LogP contribution in [0.15, 0.2) is 45.3 Å². The van der Waals surface area contributed by atoms with Crippen LogP contribution in [0, 0.1) is 5.82 Å². The Hall–Kier alpha value is -3.16. The van der Waals surface area contributed by atoms with E-state index in [0.717, 1.165) is 0 Å². The summed E-state index contributed by atoms with van der Waals surface area (Å²) in [7, 11) is 0. The van der Waals surface area contributed by atoms with Gasteiger partial charge in [0, 0.05) is 29.8 Å². The lowest BCUT2D eigenvalue weighted by Crippen LogP contribution is -2.44. The van der Waals surface area contributed by atoms with Gasteiger partial charge in [-0.2, -0.15) is 4.68 Å². The van der Waals surface area contributed by atoms with Crippen LogP contribution in [0.1, 0.15) is 29.1 Å².